The van der Waals surface area contributed by atoms with E-state index < -0.39 is 0 Å². The summed E-state index contributed by atoms with van der Waals surface area (Å²) in [5.41, 5.74) is 0.840. The monoisotopic (exact) mass is 375 g/mol. The number of aryl methyl sites for hydroxylation is 1. The normalized spacial score (nSPS) is 24.6. The first-order chi connectivity index (χ1) is 12.1. The number of hydrogen-bond acceptors (Lipinski definition) is 5. The molecule has 0 saturated heterocycles. The van der Waals surface area contributed by atoms with Gasteiger partial charge in [-0.2, -0.15) is 5.10 Å². The van der Waals surface area contributed by atoms with E-state index in [1.165, 1.54) is 30.6 Å². The van der Waals surface area contributed by atoms with Crippen LogP contribution in [0.4, 0.5) is 5.13 Å². The molecule has 25 heavy (non-hydrogen) atoms. The van der Waals surface area contributed by atoms with Gasteiger partial charge in [-0.25, -0.2) is 4.98 Å². The Morgan fingerprint density at radius 3 is 3.04 bits per heavy atom. The number of carbonyl (C=O) groups is 1. The number of nitrogens with zero attached hydrogens (tertiary/aromatic N) is 3. The van der Waals surface area contributed by atoms with E-state index in [2.05, 4.69) is 27.1 Å². The van der Waals surface area contributed by atoms with Gasteiger partial charge in [-0.1, -0.05) is 23.8 Å². The number of H-pyrrole nitrogens is 1. The van der Waals surface area contributed by atoms with Crippen LogP contribution in [0.3, 0.4) is 0 Å². The fourth-order valence-corrected chi connectivity index (χ4v) is 5.39. The van der Waals surface area contributed by atoms with Crippen LogP contribution in [0.5, 0.6) is 0 Å². The molecule has 3 unspecified atom stereocenters. The van der Waals surface area contributed by atoms with Gasteiger partial charge >= 0.3 is 0 Å². The van der Waals surface area contributed by atoms with Crippen molar-refractivity contribution >= 4 is 34.6 Å². The third kappa shape index (κ3) is 2.97. The summed E-state index contributed by atoms with van der Waals surface area (Å²) in [6.45, 7) is 6.27. The zero-order chi connectivity index (χ0) is 17.6. The van der Waals surface area contributed by atoms with E-state index in [-0.39, 0.29) is 11.8 Å². The van der Waals surface area contributed by atoms with Crippen molar-refractivity contribution in [1.29, 1.82) is 0 Å². The molecule has 0 aliphatic heterocycles. The molecule has 1 amide bonds. The number of aromatic nitrogens is 4. The smallest absolute Gasteiger partial charge is 0.229 e. The largest absolute Gasteiger partial charge is 0.302 e. The van der Waals surface area contributed by atoms with Gasteiger partial charge in [-0.05, 0) is 50.2 Å². The third-order valence-corrected chi connectivity index (χ3v) is 6.76. The average Bonchev–Trinajstić information content (AvgIpc) is 3.34. The molecule has 6 nitrogen and oxygen atoms in total. The molecule has 2 bridgehead atoms. The molecule has 4 rings (SSSR count). The first kappa shape index (κ1) is 16.7. The Hall–Kier alpha value is -1.80. The van der Waals surface area contributed by atoms with Crippen LogP contribution in [0.25, 0.3) is 10.7 Å². The van der Waals surface area contributed by atoms with Gasteiger partial charge in [0.2, 0.25) is 5.91 Å². The summed E-state index contributed by atoms with van der Waals surface area (Å²) in [5, 5.41) is 10.8. The van der Waals surface area contributed by atoms with Gasteiger partial charge in [0.1, 0.15) is 0 Å². The summed E-state index contributed by atoms with van der Waals surface area (Å²) in [6, 6.07) is 0. The Balaban J connectivity index is 1.55. The number of carbonyl (C=O) groups excluding carboxylic acids is 1. The molecule has 2 aromatic rings. The minimum absolute atomic E-state index is 0.123. The van der Waals surface area contributed by atoms with Crippen molar-refractivity contribution in [2.24, 2.45) is 17.8 Å². The lowest BCUT2D eigenvalue weighted by molar-refractivity contribution is -0.121. The summed E-state index contributed by atoms with van der Waals surface area (Å²) in [4.78, 5) is 18.1. The van der Waals surface area contributed by atoms with Crippen LogP contribution in [-0.2, 0) is 11.3 Å². The van der Waals surface area contributed by atoms with E-state index in [9.17, 15) is 4.79 Å². The molecule has 132 valence electrons. The van der Waals surface area contributed by atoms with E-state index in [1.807, 2.05) is 11.5 Å². The number of fused-ring (bicyclic) bond motifs is 2. The summed E-state index contributed by atoms with van der Waals surface area (Å²) in [5.74, 6) is 2.33. The molecular weight excluding hydrogens is 354 g/mol. The Labute approximate surface area is 155 Å². The van der Waals surface area contributed by atoms with Gasteiger partial charge in [0, 0.05) is 12.5 Å². The lowest BCUT2D eigenvalue weighted by Crippen LogP contribution is -2.27. The highest BCUT2D eigenvalue weighted by Gasteiger charge is 2.43. The number of thiazole rings is 1. The molecule has 2 aromatic heterocycles. The molecule has 0 radical (unpaired) electrons. The van der Waals surface area contributed by atoms with Crippen molar-refractivity contribution < 1.29 is 4.79 Å². The number of hydrogen-bond donors (Lipinski definition) is 2. The molecule has 0 aromatic carbocycles. The third-order valence-electron chi connectivity index (χ3n) is 5.37. The van der Waals surface area contributed by atoms with Crippen molar-refractivity contribution in [2.45, 2.75) is 39.2 Å². The van der Waals surface area contributed by atoms with Crippen molar-refractivity contribution in [3.8, 4) is 10.7 Å². The fraction of sp³-hybridized carbons (Fsp3) is 0.529. The van der Waals surface area contributed by atoms with Gasteiger partial charge in [-0.3, -0.25) is 14.5 Å². The van der Waals surface area contributed by atoms with Gasteiger partial charge in [0.25, 0.3) is 0 Å². The summed E-state index contributed by atoms with van der Waals surface area (Å²) in [6.07, 6.45) is 6.52. The van der Waals surface area contributed by atoms with Gasteiger partial charge in [0.05, 0.1) is 10.6 Å². The number of aromatic amines is 1. The van der Waals surface area contributed by atoms with Crippen molar-refractivity contribution in [2.75, 3.05) is 5.32 Å². The second-order valence-corrected chi connectivity index (χ2v) is 8.34. The van der Waals surface area contributed by atoms with E-state index in [1.54, 1.807) is 6.08 Å². The molecule has 2 aliphatic carbocycles. The van der Waals surface area contributed by atoms with Crippen LogP contribution in [0, 0.1) is 29.4 Å². The Morgan fingerprint density at radius 2 is 2.36 bits per heavy atom. The first-order valence-electron chi connectivity index (χ1n) is 8.61. The predicted octanol–water partition coefficient (Wildman–Crippen LogP) is 3.93. The SMILES string of the molecule is C=CCn1c(-c2sc(NC(=O)C3CC4CCC3C4)nc2C)n[nH]c1=S. The highest BCUT2D eigenvalue weighted by molar-refractivity contribution is 7.71. The zero-order valence-electron chi connectivity index (χ0n) is 14.1. The topological polar surface area (TPSA) is 75.6 Å². The molecule has 2 saturated carbocycles. The minimum atomic E-state index is 0.123. The van der Waals surface area contributed by atoms with Gasteiger partial charge < -0.3 is 5.32 Å². The number of allylic oxidation sites excluding steroid dienone is 1. The fourth-order valence-electron chi connectivity index (χ4n) is 4.21. The number of amides is 1. The second-order valence-electron chi connectivity index (χ2n) is 6.96. The quantitative estimate of drug-likeness (QED) is 0.613. The minimum Gasteiger partial charge on any atom is -0.302 e. The maximum atomic E-state index is 12.6. The van der Waals surface area contributed by atoms with E-state index in [0.29, 0.717) is 22.4 Å². The van der Waals surface area contributed by atoms with Crippen molar-refractivity contribution in [3.63, 3.8) is 0 Å². The molecule has 0 spiro atoms. The molecular formula is C17H21N5OS2. The van der Waals surface area contributed by atoms with E-state index in [0.717, 1.165) is 28.7 Å². The maximum absolute atomic E-state index is 12.6. The number of anilines is 1. The molecule has 2 N–H and O–H groups in total. The standard InChI is InChI=1S/C17H21N5OS2/c1-3-6-22-14(20-21-17(22)24)13-9(2)18-16(25-13)19-15(23)12-8-10-4-5-11(12)7-10/h3,10-12H,1,4-8H2,2H3,(H,21,24)(H,18,19,23). The van der Waals surface area contributed by atoms with Crippen LogP contribution < -0.4 is 5.32 Å². The first-order valence-corrected chi connectivity index (χ1v) is 9.84. The Bertz CT molecular complexity index is 880. The number of rotatable bonds is 5. The maximum Gasteiger partial charge on any atom is 0.229 e. The summed E-state index contributed by atoms with van der Waals surface area (Å²) in [7, 11) is 0. The molecule has 8 heteroatoms. The second kappa shape index (κ2) is 6.49. The lowest BCUT2D eigenvalue weighted by atomic mass is 9.88. The highest BCUT2D eigenvalue weighted by Crippen LogP contribution is 2.48. The van der Waals surface area contributed by atoms with E-state index >= 15 is 0 Å². The molecule has 2 aliphatic rings. The van der Waals surface area contributed by atoms with Gasteiger partial charge in [0.15, 0.2) is 15.7 Å². The van der Waals surface area contributed by atoms with Crippen LogP contribution in [0.15, 0.2) is 12.7 Å². The molecule has 2 heterocycles. The summed E-state index contributed by atoms with van der Waals surface area (Å²) < 4.78 is 2.43. The van der Waals surface area contributed by atoms with Crippen LogP contribution in [0.2, 0.25) is 0 Å². The number of nitrogens with one attached hydrogen (secondary N) is 2. The summed E-state index contributed by atoms with van der Waals surface area (Å²) >= 11 is 6.72. The van der Waals surface area contributed by atoms with Crippen molar-refractivity contribution in [3.05, 3.63) is 23.1 Å². The van der Waals surface area contributed by atoms with Crippen LogP contribution in [0.1, 0.15) is 31.4 Å². The Kier molecular flexibility index (Phi) is 4.33. The van der Waals surface area contributed by atoms with Crippen molar-refractivity contribution in [1.82, 2.24) is 19.7 Å². The van der Waals surface area contributed by atoms with Crippen LogP contribution >= 0.6 is 23.6 Å². The van der Waals surface area contributed by atoms with Crippen LogP contribution in [-0.4, -0.2) is 25.7 Å². The van der Waals surface area contributed by atoms with Gasteiger partial charge in [-0.15, -0.1) is 6.58 Å². The predicted molar refractivity (Wildman–Crippen MR) is 101 cm³/mol. The molecule has 2 fully saturated rings. The van der Waals surface area contributed by atoms with E-state index in [4.69, 9.17) is 12.2 Å². The average molecular weight is 376 g/mol. The molecule has 3 atom stereocenters. The zero-order valence-corrected chi connectivity index (χ0v) is 15.8. The lowest BCUT2D eigenvalue weighted by Gasteiger charge is -2.19. The highest BCUT2D eigenvalue weighted by atomic mass is 32.1. The Morgan fingerprint density at radius 1 is 1.52 bits per heavy atom.